The smallest absolute Gasteiger partial charge is 0.236 e. The average Bonchev–Trinajstić information content (AvgIpc) is 2.59. The van der Waals surface area contributed by atoms with Gasteiger partial charge >= 0.3 is 0 Å². The first-order valence-electron chi connectivity index (χ1n) is 8.42. The van der Waals surface area contributed by atoms with Crippen LogP contribution < -0.4 is 5.32 Å². The van der Waals surface area contributed by atoms with Crippen LogP contribution in [0.3, 0.4) is 0 Å². The van der Waals surface area contributed by atoms with Crippen molar-refractivity contribution < 1.29 is 9.53 Å². The highest BCUT2D eigenvalue weighted by atomic mass is 35.5. The van der Waals surface area contributed by atoms with Gasteiger partial charge in [-0.05, 0) is 24.9 Å². The van der Waals surface area contributed by atoms with E-state index in [1.54, 1.807) is 7.11 Å². The van der Waals surface area contributed by atoms with Crippen LogP contribution in [0.2, 0.25) is 0 Å². The number of hydrogen-bond donors (Lipinski definition) is 1. The first kappa shape index (κ1) is 24.1. The maximum atomic E-state index is 12.3. The Kier molecular flexibility index (Phi) is 12.9. The predicted octanol–water partition coefficient (Wildman–Crippen LogP) is 2.19. The number of halogens is 2. The van der Waals surface area contributed by atoms with Crippen molar-refractivity contribution in [3.8, 4) is 0 Å². The number of likely N-dealkylation sites (N-methyl/N-ethyl adjacent to an activating group) is 1. The third-order valence-electron chi connectivity index (χ3n) is 4.43. The lowest BCUT2D eigenvalue weighted by Crippen LogP contribution is -2.50. The quantitative estimate of drug-likeness (QED) is 0.689. The van der Waals surface area contributed by atoms with E-state index >= 15 is 0 Å². The summed E-state index contributed by atoms with van der Waals surface area (Å²) in [5.41, 5.74) is 1.34. The molecule has 1 aromatic rings. The van der Waals surface area contributed by atoms with Crippen molar-refractivity contribution in [2.45, 2.75) is 25.4 Å². The number of carbonyl (C=O) groups excluding carboxylic acids is 1. The number of nitrogens with one attached hydrogen (secondary N) is 1. The Morgan fingerprint density at radius 3 is 2.72 bits per heavy atom. The molecule has 1 fully saturated rings. The van der Waals surface area contributed by atoms with Gasteiger partial charge in [0.05, 0.1) is 13.2 Å². The minimum Gasteiger partial charge on any atom is -0.383 e. The summed E-state index contributed by atoms with van der Waals surface area (Å²) in [4.78, 5) is 16.6. The van der Waals surface area contributed by atoms with Gasteiger partial charge in [0.2, 0.25) is 5.91 Å². The Bertz CT molecular complexity index is 477. The highest BCUT2D eigenvalue weighted by Crippen LogP contribution is 2.17. The van der Waals surface area contributed by atoms with Gasteiger partial charge in [0.25, 0.3) is 0 Å². The molecule has 7 heteroatoms. The third kappa shape index (κ3) is 8.38. The maximum Gasteiger partial charge on any atom is 0.236 e. The van der Waals surface area contributed by atoms with E-state index in [0.717, 1.165) is 32.5 Å². The Hall–Kier alpha value is -0.850. The number of ether oxygens (including phenoxy) is 1. The molecule has 1 N–H and O–H groups in total. The van der Waals surface area contributed by atoms with Gasteiger partial charge in [0.1, 0.15) is 0 Å². The van der Waals surface area contributed by atoms with Crippen molar-refractivity contribution >= 4 is 30.7 Å². The molecule has 0 aromatic heterocycles. The van der Waals surface area contributed by atoms with Crippen molar-refractivity contribution in [3.05, 3.63) is 35.9 Å². The zero-order valence-corrected chi connectivity index (χ0v) is 16.8. The summed E-state index contributed by atoms with van der Waals surface area (Å²) >= 11 is 0. The van der Waals surface area contributed by atoms with Crippen molar-refractivity contribution in [1.82, 2.24) is 15.1 Å². The van der Waals surface area contributed by atoms with E-state index in [-0.39, 0.29) is 30.7 Å². The van der Waals surface area contributed by atoms with Gasteiger partial charge in [-0.25, -0.2) is 0 Å². The first-order valence-corrected chi connectivity index (χ1v) is 8.42. The second-order valence-corrected chi connectivity index (χ2v) is 6.19. The van der Waals surface area contributed by atoms with Crippen LogP contribution in [0.25, 0.3) is 0 Å². The topological polar surface area (TPSA) is 44.8 Å². The molecule has 1 atom stereocenters. The van der Waals surface area contributed by atoms with Crippen molar-refractivity contribution in [2.24, 2.45) is 0 Å². The fraction of sp³-hybridized carbons (Fsp3) is 0.611. The average molecular weight is 392 g/mol. The fourth-order valence-electron chi connectivity index (χ4n) is 3.03. The zero-order chi connectivity index (χ0) is 16.5. The minimum absolute atomic E-state index is 0. The summed E-state index contributed by atoms with van der Waals surface area (Å²) in [6.07, 6.45) is 2.23. The molecular weight excluding hydrogens is 361 g/mol. The summed E-state index contributed by atoms with van der Waals surface area (Å²) in [7, 11) is 3.59. The van der Waals surface area contributed by atoms with E-state index in [2.05, 4.69) is 34.5 Å². The van der Waals surface area contributed by atoms with Crippen LogP contribution in [0.4, 0.5) is 0 Å². The van der Waals surface area contributed by atoms with Crippen LogP contribution in [0, 0.1) is 0 Å². The van der Waals surface area contributed by atoms with Gasteiger partial charge in [0, 0.05) is 39.8 Å². The SMILES string of the molecule is COCCNCC(=O)N(C)C1CCCN(Cc2ccccc2)C1.Cl.Cl. The number of methoxy groups -OCH3 is 1. The number of piperidine rings is 1. The number of nitrogens with zero attached hydrogens (tertiary/aromatic N) is 2. The van der Waals surface area contributed by atoms with Gasteiger partial charge in [-0.3, -0.25) is 9.69 Å². The van der Waals surface area contributed by atoms with Crippen LogP contribution in [0.1, 0.15) is 18.4 Å². The molecule has 25 heavy (non-hydrogen) atoms. The van der Waals surface area contributed by atoms with Crippen LogP contribution >= 0.6 is 24.8 Å². The lowest BCUT2D eigenvalue weighted by Gasteiger charge is -2.37. The summed E-state index contributed by atoms with van der Waals surface area (Å²) in [5.74, 6) is 0.160. The largest absolute Gasteiger partial charge is 0.383 e. The molecule has 1 unspecified atom stereocenters. The Morgan fingerprint density at radius 2 is 2.04 bits per heavy atom. The second kappa shape index (κ2) is 13.4. The van der Waals surface area contributed by atoms with E-state index < -0.39 is 0 Å². The number of amides is 1. The number of likely N-dealkylation sites (tertiary alicyclic amines) is 1. The zero-order valence-electron chi connectivity index (χ0n) is 15.1. The predicted molar refractivity (Wildman–Crippen MR) is 107 cm³/mol. The summed E-state index contributed by atoms with van der Waals surface area (Å²) in [5, 5.41) is 3.13. The van der Waals surface area contributed by atoms with Crippen molar-refractivity contribution in [1.29, 1.82) is 0 Å². The number of hydrogen-bond acceptors (Lipinski definition) is 4. The molecular formula is C18H31Cl2N3O2. The number of carbonyl (C=O) groups is 1. The molecule has 0 bridgehead atoms. The second-order valence-electron chi connectivity index (χ2n) is 6.19. The normalized spacial score (nSPS) is 17.3. The molecule has 1 saturated heterocycles. The molecule has 1 aromatic carbocycles. The molecule has 1 amide bonds. The molecule has 0 spiro atoms. The molecule has 144 valence electrons. The van der Waals surface area contributed by atoms with Crippen molar-refractivity contribution in [3.63, 3.8) is 0 Å². The standard InChI is InChI=1S/C18H29N3O2.2ClH/c1-20(18(22)13-19-10-12-23-2)17-9-6-11-21(15-17)14-16-7-4-3-5-8-16;;/h3-5,7-8,17,19H,6,9-15H2,1-2H3;2*1H. The molecule has 0 radical (unpaired) electrons. The van der Waals surface area contributed by atoms with Crippen LogP contribution in [-0.2, 0) is 16.1 Å². The van der Waals surface area contributed by atoms with E-state index in [1.807, 2.05) is 18.0 Å². The van der Waals surface area contributed by atoms with Gasteiger partial charge < -0.3 is 15.0 Å². The van der Waals surface area contributed by atoms with Crippen molar-refractivity contribution in [2.75, 3.05) is 46.9 Å². The molecule has 1 heterocycles. The lowest BCUT2D eigenvalue weighted by molar-refractivity contribution is -0.132. The molecule has 2 rings (SSSR count). The third-order valence-corrected chi connectivity index (χ3v) is 4.43. The monoisotopic (exact) mass is 391 g/mol. The molecule has 0 aliphatic carbocycles. The highest BCUT2D eigenvalue weighted by Gasteiger charge is 2.25. The fourth-order valence-corrected chi connectivity index (χ4v) is 3.03. The van der Waals surface area contributed by atoms with E-state index in [9.17, 15) is 4.79 Å². The van der Waals surface area contributed by atoms with Gasteiger partial charge in [-0.2, -0.15) is 0 Å². The van der Waals surface area contributed by atoms with Crippen LogP contribution in [-0.4, -0.2) is 68.7 Å². The highest BCUT2D eigenvalue weighted by molar-refractivity contribution is 5.85. The maximum absolute atomic E-state index is 12.3. The number of rotatable bonds is 8. The van der Waals surface area contributed by atoms with E-state index in [4.69, 9.17) is 4.74 Å². The molecule has 1 aliphatic heterocycles. The van der Waals surface area contributed by atoms with Gasteiger partial charge in [-0.15, -0.1) is 24.8 Å². The Morgan fingerprint density at radius 1 is 1.32 bits per heavy atom. The Labute approximate surface area is 163 Å². The van der Waals surface area contributed by atoms with E-state index in [1.165, 1.54) is 5.56 Å². The molecule has 1 aliphatic rings. The van der Waals surface area contributed by atoms with Gasteiger partial charge in [-0.1, -0.05) is 30.3 Å². The summed E-state index contributed by atoms with van der Waals surface area (Å²) in [6.45, 7) is 4.75. The van der Waals surface area contributed by atoms with Crippen LogP contribution in [0.15, 0.2) is 30.3 Å². The van der Waals surface area contributed by atoms with E-state index in [0.29, 0.717) is 25.7 Å². The minimum atomic E-state index is 0. The molecule has 5 nitrogen and oxygen atoms in total. The summed E-state index contributed by atoms with van der Waals surface area (Å²) in [6, 6.07) is 10.8. The number of benzene rings is 1. The Balaban J connectivity index is 0.00000288. The van der Waals surface area contributed by atoms with Crippen LogP contribution in [0.5, 0.6) is 0 Å². The molecule has 0 saturated carbocycles. The van der Waals surface area contributed by atoms with Gasteiger partial charge in [0.15, 0.2) is 0 Å². The summed E-state index contributed by atoms with van der Waals surface area (Å²) < 4.78 is 4.98. The lowest BCUT2D eigenvalue weighted by atomic mass is 10.0. The first-order chi connectivity index (χ1) is 11.2.